The summed E-state index contributed by atoms with van der Waals surface area (Å²) in [7, 11) is 1.27. The molecular formula is C66H127N2O6P. The first-order valence-electron chi connectivity index (χ1n) is 32.5. The van der Waals surface area contributed by atoms with Crippen LogP contribution in [0.15, 0.2) is 48.6 Å². The molecule has 0 rings (SSSR count). The lowest BCUT2D eigenvalue weighted by molar-refractivity contribution is -0.870. The van der Waals surface area contributed by atoms with E-state index in [1.165, 1.54) is 244 Å². The fraction of sp³-hybridized carbons (Fsp3) is 0.864. The highest BCUT2D eigenvalue weighted by Crippen LogP contribution is 2.38. The number of quaternary nitrogens is 1. The molecule has 0 radical (unpaired) electrons. The molecule has 75 heavy (non-hydrogen) atoms. The Kier molecular flexibility index (Phi) is 56.0. The Morgan fingerprint density at radius 3 is 1.12 bits per heavy atom. The second kappa shape index (κ2) is 57.2. The maximum absolute atomic E-state index is 13.0. The number of phosphoric acid groups is 1. The molecule has 442 valence electrons. The van der Waals surface area contributed by atoms with Crippen molar-refractivity contribution in [3.63, 3.8) is 0 Å². The van der Waals surface area contributed by atoms with E-state index in [1.807, 2.05) is 27.2 Å². The number of carbonyl (C=O) groups excluding carboxylic acids is 1. The highest BCUT2D eigenvalue weighted by atomic mass is 31.2. The van der Waals surface area contributed by atoms with Crippen LogP contribution in [0.25, 0.3) is 0 Å². The van der Waals surface area contributed by atoms with Crippen molar-refractivity contribution in [2.24, 2.45) is 0 Å². The van der Waals surface area contributed by atoms with Gasteiger partial charge in [-0.1, -0.05) is 300 Å². The van der Waals surface area contributed by atoms with E-state index < -0.39 is 20.0 Å². The van der Waals surface area contributed by atoms with Gasteiger partial charge in [-0.15, -0.1) is 0 Å². The van der Waals surface area contributed by atoms with Gasteiger partial charge in [0.1, 0.15) is 13.2 Å². The number of rotatable bonds is 60. The molecule has 0 fully saturated rings. The van der Waals surface area contributed by atoms with Gasteiger partial charge in [0.05, 0.1) is 39.9 Å². The van der Waals surface area contributed by atoms with Crippen molar-refractivity contribution in [1.82, 2.24) is 5.32 Å². The Balaban J connectivity index is 4.10. The zero-order valence-corrected chi connectivity index (χ0v) is 51.4. The molecule has 2 N–H and O–H groups in total. The lowest BCUT2D eigenvalue weighted by Gasteiger charge is -2.29. The SMILES string of the molecule is CCCCCCC/C=C\C/C=C\C/C=C\CCCCCCCCCCCCCCCCCCC(=O)NC(COP(=O)([O-])OCC[N+](C)(C)C)C(O)/C=C/CCCCCCCCCCCCCCCCCCCCCC. The number of hydrogen-bond acceptors (Lipinski definition) is 6. The lowest BCUT2D eigenvalue weighted by atomic mass is 10.0. The zero-order valence-electron chi connectivity index (χ0n) is 50.5. The molecular weight excluding hydrogens is 948 g/mol. The van der Waals surface area contributed by atoms with Crippen molar-refractivity contribution in [3.05, 3.63) is 48.6 Å². The predicted octanol–water partition coefficient (Wildman–Crippen LogP) is 19.6. The van der Waals surface area contributed by atoms with Crippen molar-refractivity contribution in [1.29, 1.82) is 0 Å². The number of phosphoric ester groups is 1. The summed E-state index contributed by atoms with van der Waals surface area (Å²) in [5, 5.41) is 13.9. The van der Waals surface area contributed by atoms with E-state index in [-0.39, 0.29) is 19.1 Å². The van der Waals surface area contributed by atoms with Crippen LogP contribution in [0.2, 0.25) is 0 Å². The van der Waals surface area contributed by atoms with Gasteiger partial charge < -0.3 is 28.8 Å². The van der Waals surface area contributed by atoms with Gasteiger partial charge in [-0.3, -0.25) is 9.36 Å². The molecule has 0 aromatic rings. The molecule has 0 bridgehead atoms. The van der Waals surface area contributed by atoms with Gasteiger partial charge in [-0.2, -0.15) is 0 Å². The first-order valence-corrected chi connectivity index (χ1v) is 34.0. The van der Waals surface area contributed by atoms with E-state index in [0.29, 0.717) is 17.4 Å². The molecule has 3 unspecified atom stereocenters. The molecule has 0 saturated carbocycles. The average molecular weight is 1080 g/mol. The number of amides is 1. The Morgan fingerprint density at radius 2 is 0.773 bits per heavy atom. The van der Waals surface area contributed by atoms with Crippen LogP contribution in [0.1, 0.15) is 316 Å². The molecule has 8 nitrogen and oxygen atoms in total. The summed E-state index contributed by atoms with van der Waals surface area (Å²) in [6, 6.07) is -0.888. The molecule has 1 amide bonds. The predicted molar refractivity (Wildman–Crippen MR) is 325 cm³/mol. The first-order chi connectivity index (χ1) is 36.5. The van der Waals surface area contributed by atoms with E-state index in [0.717, 1.165) is 51.4 Å². The van der Waals surface area contributed by atoms with E-state index in [9.17, 15) is 19.4 Å². The lowest BCUT2D eigenvalue weighted by Crippen LogP contribution is -2.45. The van der Waals surface area contributed by atoms with E-state index in [4.69, 9.17) is 9.05 Å². The molecule has 0 saturated heterocycles. The van der Waals surface area contributed by atoms with Gasteiger partial charge in [-0.05, 0) is 57.8 Å². The largest absolute Gasteiger partial charge is 0.756 e. The third kappa shape index (κ3) is 60.0. The highest BCUT2D eigenvalue weighted by Gasteiger charge is 2.23. The molecule has 3 atom stereocenters. The number of unbranched alkanes of at least 4 members (excludes halogenated alkanes) is 41. The number of aliphatic hydroxyl groups is 1. The Morgan fingerprint density at radius 1 is 0.467 bits per heavy atom. The topological polar surface area (TPSA) is 108 Å². The Bertz CT molecular complexity index is 1360. The maximum Gasteiger partial charge on any atom is 0.268 e. The minimum Gasteiger partial charge on any atom is -0.756 e. The quantitative estimate of drug-likeness (QED) is 0.0272. The number of allylic oxidation sites excluding steroid dienone is 7. The third-order valence-electron chi connectivity index (χ3n) is 14.8. The van der Waals surface area contributed by atoms with Crippen LogP contribution in [-0.4, -0.2) is 68.5 Å². The minimum absolute atomic E-state index is 0.000379. The minimum atomic E-state index is -4.60. The summed E-state index contributed by atoms with van der Waals surface area (Å²) < 4.78 is 23.4. The van der Waals surface area contributed by atoms with E-state index >= 15 is 0 Å². The fourth-order valence-corrected chi connectivity index (χ4v) is 10.4. The normalized spacial score (nSPS) is 14.1. The summed E-state index contributed by atoms with van der Waals surface area (Å²) in [5.41, 5.74) is 0. The van der Waals surface area contributed by atoms with Crippen LogP contribution in [0, 0.1) is 0 Å². The average Bonchev–Trinajstić information content (AvgIpc) is 3.37. The molecule has 0 aliphatic carbocycles. The van der Waals surface area contributed by atoms with Crippen LogP contribution in [-0.2, 0) is 18.4 Å². The van der Waals surface area contributed by atoms with Crippen molar-refractivity contribution in [2.75, 3.05) is 40.9 Å². The molecule has 0 aliphatic rings. The summed E-state index contributed by atoms with van der Waals surface area (Å²) in [6.45, 7) is 4.68. The van der Waals surface area contributed by atoms with Gasteiger partial charge in [-0.25, -0.2) is 0 Å². The summed E-state index contributed by atoms with van der Waals surface area (Å²) in [6.07, 6.45) is 76.3. The van der Waals surface area contributed by atoms with Crippen molar-refractivity contribution in [2.45, 2.75) is 328 Å². The summed E-state index contributed by atoms with van der Waals surface area (Å²) >= 11 is 0. The van der Waals surface area contributed by atoms with Crippen LogP contribution < -0.4 is 10.2 Å². The van der Waals surface area contributed by atoms with Gasteiger partial charge >= 0.3 is 0 Å². The van der Waals surface area contributed by atoms with Gasteiger partial charge in [0.15, 0.2) is 0 Å². The van der Waals surface area contributed by atoms with Gasteiger partial charge in [0.25, 0.3) is 7.82 Å². The monoisotopic (exact) mass is 1070 g/mol. The van der Waals surface area contributed by atoms with Crippen molar-refractivity contribution >= 4 is 13.7 Å². The van der Waals surface area contributed by atoms with Crippen LogP contribution in [0.3, 0.4) is 0 Å². The molecule has 0 aliphatic heterocycles. The van der Waals surface area contributed by atoms with Crippen LogP contribution >= 0.6 is 7.82 Å². The number of aliphatic hydroxyl groups excluding tert-OH is 1. The van der Waals surface area contributed by atoms with Crippen molar-refractivity contribution in [3.8, 4) is 0 Å². The molecule has 9 heteroatoms. The number of carbonyl (C=O) groups is 1. The number of hydrogen-bond donors (Lipinski definition) is 2. The Labute approximate surface area is 467 Å². The van der Waals surface area contributed by atoms with E-state index in [2.05, 4.69) is 55.6 Å². The first kappa shape index (κ1) is 73.5. The second-order valence-corrected chi connectivity index (χ2v) is 24.9. The maximum atomic E-state index is 13.0. The summed E-state index contributed by atoms with van der Waals surface area (Å²) in [5.74, 6) is -0.193. The zero-order chi connectivity index (χ0) is 54.9. The van der Waals surface area contributed by atoms with Crippen LogP contribution in [0.4, 0.5) is 0 Å². The van der Waals surface area contributed by atoms with E-state index in [1.54, 1.807) is 6.08 Å². The molecule has 0 heterocycles. The number of likely N-dealkylation sites (N-methyl/N-ethyl adjacent to an activating group) is 1. The Hall–Kier alpha value is -1.54. The standard InChI is InChI=1S/C66H127N2O6P/c1-6-8-10-12-14-16-18-20-22-24-26-28-30-31-32-33-34-35-36-37-38-40-42-44-46-48-50-52-54-56-58-60-66(70)67-64(63-74-75(71,72)73-62-61-68(3,4)5)65(69)59-57-55-53-51-49-47-45-43-41-39-29-27-25-23-21-19-17-15-13-11-9-7-2/h18,20,24,26,30-31,57,59,64-65,69H,6-17,19,21-23,25,27-29,32-56,58,60-63H2,1-5H3,(H-,67,70,71,72)/b20-18-,26-24-,31-30-,59-57+. The van der Waals surface area contributed by atoms with Gasteiger partial charge in [0, 0.05) is 6.42 Å². The molecule has 0 aromatic carbocycles. The number of nitrogens with one attached hydrogen (secondary N) is 1. The second-order valence-electron chi connectivity index (χ2n) is 23.5. The highest BCUT2D eigenvalue weighted by molar-refractivity contribution is 7.45. The fourth-order valence-electron chi connectivity index (χ4n) is 9.69. The molecule has 0 spiro atoms. The smallest absolute Gasteiger partial charge is 0.268 e. The van der Waals surface area contributed by atoms with Crippen molar-refractivity contribution < 1.29 is 32.9 Å². The molecule has 0 aromatic heterocycles. The van der Waals surface area contributed by atoms with Gasteiger partial charge in [0.2, 0.25) is 5.91 Å². The summed E-state index contributed by atoms with van der Waals surface area (Å²) in [4.78, 5) is 25.6. The van der Waals surface area contributed by atoms with Crippen LogP contribution in [0.5, 0.6) is 0 Å². The number of nitrogens with zero attached hydrogens (tertiary/aromatic N) is 1. The third-order valence-corrected chi connectivity index (χ3v) is 15.7.